The van der Waals surface area contributed by atoms with Crippen molar-refractivity contribution in [3.05, 3.63) is 116 Å². The second kappa shape index (κ2) is 16.0. The van der Waals surface area contributed by atoms with Crippen LogP contribution in [0, 0.1) is 0 Å². The van der Waals surface area contributed by atoms with Crippen LogP contribution in [-0.2, 0) is 19.1 Å². The molecule has 0 aliphatic heterocycles. The van der Waals surface area contributed by atoms with E-state index in [1.807, 2.05) is 78.9 Å². The number of benzene rings is 4. The number of hydrogen-bond acceptors (Lipinski definition) is 8. The van der Waals surface area contributed by atoms with Gasteiger partial charge in [0.2, 0.25) is 5.12 Å². The van der Waals surface area contributed by atoms with Gasteiger partial charge in [-0.25, -0.2) is 9.59 Å². The van der Waals surface area contributed by atoms with Crippen LogP contribution in [0.1, 0.15) is 23.2 Å². The van der Waals surface area contributed by atoms with Gasteiger partial charge < -0.3 is 18.9 Å². The summed E-state index contributed by atoms with van der Waals surface area (Å²) in [4.78, 5) is 35.9. The molecular formula is C35H32O7S. The second-order valence-corrected chi connectivity index (χ2v) is 10.4. The molecule has 0 spiro atoms. The SMILES string of the molecule is C=CC(=O)OCCCCOc1ccc(SC(=O)c2ccc(-c3ccc4cc(OCCOC(=O)C=C)ccc4c3)cc2)cc1. The molecule has 0 fully saturated rings. The highest BCUT2D eigenvalue weighted by Crippen LogP contribution is 2.29. The molecule has 0 N–H and O–H groups in total. The Morgan fingerprint density at radius 1 is 0.605 bits per heavy atom. The van der Waals surface area contributed by atoms with Gasteiger partial charge >= 0.3 is 11.9 Å². The molecule has 0 aliphatic carbocycles. The summed E-state index contributed by atoms with van der Waals surface area (Å²) < 4.78 is 21.3. The minimum atomic E-state index is -0.474. The van der Waals surface area contributed by atoms with E-state index in [4.69, 9.17) is 18.9 Å². The van der Waals surface area contributed by atoms with Crippen LogP contribution >= 0.6 is 11.8 Å². The maximum absolute atomic E-state index is 12.9. The fraction of sp³-hybridized carbons (Fsp3) is 0.171. The zero-order valence-corrected chi connectivity index (χ0v) is 24.5. The van der Waals surface area contributed by atoms with Crippen molar-refractivity contribution >= 4 is 39.6 Å². The van der Waals surface area contributed by atoms with E-state index in [0.717, 1.165) is 51.1 Å². The summed E-state index contributed by atoms with van der Waals surface area (Å²) in [6.07, 6.45) is 3.72. The van der Waals surface area contributed by atoms with Crippen LogP contribution in [0.5, 0.6) is 11.5 Å². The third-order valence-corrected chi connectivity index (χ3v) is 7.21. The number of hydrogen-bond donors (Lipinski definition) is 0. The van der Waals surface area contributed by atoms with Crippen molar-refractivity contribution in [2.45, 2.75) is 17.7 Å². The van der Waals surface area contributed by atoms with E-state index in [0.29, 0.717) is 30.9 Å². The van der Waals surface area contributed by atoms with Crippen molar-refractivity contribution in [3.63, 3.8) is 0 Å². The van der Waals surface area contributed by atoms with Crippen LogP contribution in [-0.4, -0.2) is 43.5 Å². The lowest BCUT2D eigenvalue weighted by Crippen LogP contribution is -2.10. The quantitative estimate of drug-likeness (QED) is 0.0606. The van der Waals surface area contributed by atoms with Crippen LogP contribution in [0.25, 0.3) is 21.9 Å². The van der Waals surface area contributed by atoms with Gasteiger partial charge in [0, 0.05) is 22.6 Å². The largest absolute Gasteiger partial charge is 0.494 e. The molecule has 220 valence electrons. The molecule has 4 aromatic rings. The van der Waals surface area contributed by atoms with Crippen molar-refractivity contribution < 1.29 is 33.3 Å². The number of carbonyl (C=O) groups is 3. The topological polar surface area (TPSA) is 88.1 Å². The van der Waals surface area contributed by atoms with E-state index in [9.17, 15) is 14.4 Å². The number of thioether (sulfide) groups is 1. The maximum Gasteiger partial charge on any atom is 0.330 e. The Morgan fingerprint density at radius 2 is 1.19 bits per heavy atom. The molecule has 0 heterocycles. The van der Waals surface area contributed by atoms with E-state index in [2.05, 4.69) is 19.2 Å². The zero-order valence-electron chi connectivity index (χ0n) is 23.7. The fourth-order valence-corrected chi connectivity index (χ4v) is 4.79. The Labute approximate surface area is 255 Å². The molecule has 0 unspecified atom stereocenters. The minimum Gasteiger partial charge on any atom is -0.494 e. The van der Waals surface area contributed by atoms with Gasteiger partial charge in [-0.1, -0.05) is 43.5 Å². The normalized spacial score (nSPS) is 10.5. The standard InChI is InChI=1S/C35H32O7S/c1-3-33(36)41-20-6-5-19-39-30-15-17-32(18-16-30)43-35(38)26-9-7-25(8-10-26)27-11-12-29-24-31(14-13-28(29)23-27)40-21-22-42-34(37)4-2/h3-4,7-18,23-24H,1-2,5-6,19-22H2. The Balaban J connectivity index is 1.26. The van der Waals surface area contributed by atoms with Crippen molar-refractivity contribution in [2.24, 2.45) is 0 Å². The molecular weight excluding hydrogens is 564 g/mol. The van der Waals surface area contributed by atoms with Crippen LogP contribution in [0.15, 0.2) is 115 Å². The highest BCUT2D eigenvalue weighted by atomic mass is 32.2. The Kier molecular flexibility index (Phi) is 11.6. The summed E-state index contributed by atoms with van der Waals surface area (Å²) in [5.41, 5.74) is 2.67. The molecule has 4 rings (SSSR count). The summed E-state index contributed by atoms with van der Waals surface area (Å²) >= 11 is 1.17. The average molecular weight is 597 g/mol. The fourth-order valence-electron chi connectivity index (χ4n) is 4.05. The number of unbranched alkanes of at least 4 members (excludes halogenated alkanes) is 1. The molecule has 43 heavy (non-hydrogen) atoms. The number of ether oxygens (including phenoxy) is 4. The Hall–Kier alpha value is -4.82. The van der Waals surface area contributed by atoms with E-state index >= 15 is 0 Å². The van der Waals surface area contributed by atoms with E-state index in [1.54, 1.807) is 0 Å². The molecule has 0 radical (unpaired) electrons. The zero-order chi connectivity index (χ0) is 30.4. The molecule has 0 aromatic heterocycles. The minimum absolute atomic E-state index is 0.0420. The monoisotopic (exact) mass is 596 g/mol. The highest BCUT2D eigenvalue weighted by molar-refractivity contribution is 8.14. The number of carbonyl (C=O) groups excluding carboxylic acids is 3. The summed E-state index contributed by atoms with van der Waals surface area (Å²) in [6.45, 7) is 7.98. The average Bonchev–Trinajstić information content (AvgIpc) is 3.04. The summed E-state index contributed by atoms with van der Waals surface area (Å²) in [6, 6.07) is 27.0. The van der Waals surface area contributed by atoms with E-state index in [-0.39, 0.29) is 18.3 Å². The van der Waals surface area contributed by atoms with Gasteiger partial charge in [0.15, 0.2) is 0 Å². The molecule has 0 amide bonds. The first-order chi connectivity index (χ1) is 20.9. The summed E-state index contributed by atoms with van der Waals surface area (Å²) in [5, 5.41) is 2.04. The van der Waals surface area contributed by atoms with Gasteiger partial charge in [0.05, 0.1) is 13.2 Å². The van der Waals surface area contributed by atoms with Crippen molar-refractivity contribution in [2.75, 3.05) is 26.4 Å². The van der Waals surface area contributed by atoms with Gasteiger partial charge in [-0.15, -0.1) is 0 Å². The number of esters is 2. The third-order valence-electron chi connectivity index (χ3n) is 6.28. The first-order valence-corrected chi connectivity index (χ1v) is 14.6. The van der Waals surface area contributed by atoms with Crippen molar-refractivity contribution in [1.82, 2.24) is 0 Å². The molecule has 7 nitrogen and oxygen atoms in total. The molecule has 8 heteroatoms. The first-order valence-electron chi connectivity index (χ1n) is 13.8. The van der Waals surface area contributed by atoms with Crippen LogP contribution < -0.4 is 9.47 Å². The predicted molar refractivity (Wildman–Crippen MR) is 169 cm³/mol. The lowest BCUT2D eigenvalue weighted by molar-refractivity contribution is -0.139. The third kappa shape index (κ3) is 9.61. The molecule has 4 aromatic carbocycles. The summed E-state index contributed by atoms with van der Waals surface area (Å²) in [5.74, 6) is 0.516. The smallest absolute Gasteiger partial charge is 0.330 e. The number of fused-ring (bicyclic) bond motifs is 1. The van der Waals surface area contributed by atoms with Gasteiger partial charge in [-0.05, 0) is 101 Å². The van der Waals surface area contributed by atoms with Crippen LogP contribution in [0.3, 0.4) is 0 Å². The maximum atomic E-state index is 12.9. The highest BCUT2D eigenvalue weighted by Gasteiger charge is 2.10. The lowest BCUT2D eigenvalue weighted by atomic mass is 10.0. The van der Waals surface area contributed by atoms with E-state index in [1.165, 1.54) is 11.8 Å². The van der Waals surface area contributed by atoms with Gasteiger partial charge in [0.25, 0.3) is 0 Å². The molecule has 0 saturated heterocycles. The lowest BCUT2D eigenvalue weighted by Gasteiger charge is -2.09. The van der Waals surface area contributed by atoms with Crippen LogP contribution in [0.4, 0.5) is 0 Å². The van der Waals surface area contributed by atoms with E-state index < -0.39 is 11.9 Å². The predicted octanol–water partition coefficient (Wildman–Crippen LogP) is 7.44. The van der Waals surface area contributed by atoms with Gasteiger partial charge in [-0.3, -0.25) is 4.79 Å². The van der Waals surface area contributed by atoms with Crippen molar-refractivity contribution in [3.8, 4) is 22.6 Å². The number of rotatable bonds is 15. The van der Waals surface area contributed by atoms with Crippen LogP contribution in [0.2, 0.25) is 0 Å². The molecule has 0 saturated carbocycles. The second-order valence-electron chi connectivity index (χ2n) is 9.31. The molecule has 0 atom stereocenters. The Bertz CT molecular complexity index is 1580. The first kappa shape index (κ1) is 31.1. The van der Waals surface area contributed by atoms with Gasteiger partial charge in [-0.2, -0.15) is 0 Å². The van der Waals surface area contributed by atoms with Crippen molar-refractivity contribution in [1.29, 1.82) is 0 Å². The van der Waals surface area contributed by atoms with Gasteiger partial charge in [0.1, 0.15) is 24.7 Å². The Morgan fingerprint density at radius 3 is 1.91 bits per heavy atom. The molecule has 0 aliphatic rings. The molecule has 0 bridgehead atoms. The summed E-state index contributed by atoms with van der Waals surface area (Å²) in [7, 11) is 0.